The van der Waals surface area contributed by atoms with Crippen LogP contribution in [-0.2, 0) is 24.4 Å². The van der Waals surface area contributed by atoms with Crippen LogP contribution in [0, 0.1) is 3.57 Å². The first-order valence-electron chi connectivity index (χ1n) is 7.60. The van der Waals surface area contributed by atoms with E-state index in [2.05, 4.69) is 52.0 Å². The summed E-state index contributed by atoms with van der Waals surface area (Å²) in [6.45, 7) is 1.82. The Morgan fingerprint density at radius 2 is 1.79 bits per heavy atom. The Kier molecular flexibility index (Phi) is 5.47. The molecule has 0 bridgehead atoms. The van der Waals surface area contributed by atoms with Crippen molar-refractivity contribution in [1.82, 2.24) is 14.3 Å². The van der Waals surface area contributed by atoms with Crippen molar-refractivity contribution in [1.29, 1.82) is 0 Å². The second kappa shape index (κ2) is 7.76. The summed E-state index contributed by atoms with van der Waals surface area (Å²) in [7, 11) is 1.67. The quantitative estimate of drug-likeness (QED) is 0.560. The van der Waals surface area contributed by atoms with Crippen LogP contribution in [0.5, 0.6) is 0 Å². The predicted octanol–water partition coefficient (Wildman–Crippen LogP) is 2.89. The van der Waals surface area contributed by atoms with E-state index in [0.717, 1.165) is 14.8 Å². The zero-order chi connectivity index (χ0) is 16.9. The molecule has 124 valence electrons. The van der Waals surface area contributed by atoms with Gasteiger partial charge in [-0.25, -0.2) is 0 Å². The molecular formula is C18H18IN3O2. The number of hydrogen-bond donors (Lipinski definition) is 0. The second-order valence-corrected chi connectivity index (χ2v) is 6.70. The molecule has 0 aliphatic carbocycles. The van der Waals surface area contributed by atoms with E-state index in [1.54, 1.807) is 30.0 Å². The lowest BCUT2D eigenvalue weighted by Gasteiger charge is -2.07. The number of methoxy groups -OCH3 is 1. The fraction of sp³-hybridized carbons (Fsp3) is 0.222. The number of nitrogens with zero attached hydrogens (tertiary/aromatic N) is 3. The van der Waals surface area contributed by atoms with Crippen molar-refractivity contribution in [3.05, 3.63) is 85.6 Å². The molecule has 0 atom stereocenters. The molecule has 1 aromatic carbocycles. The van der Waals surface area contributed by atoms with Gasteiger partial charge in [-0.2, -0.15) is 5.10 Å². The molecule has 0 N–H and O–H groups in total. The monoisotopic (exact) mass is 435 g/mol. The highest BCUT2D eigenvalue weighted by Crippen LogP contribution is 2.13. The summed E-state index contributed by atoms with van der Waals surface area (Å²) in [5.74, 6) is 0. The van der Waals surface area contributed by atoms with Gasteiger partial charge in [0.1, 0.15) is 5.69 Å². The number of ether oxygens (including phenoxy) is 1. The van der Waals surface area contributed by atoms with E-state index < -0.39 is 0 Å². The van der Waals surface area contributed by atoms with Crippen LogP contribution in [0.1, 0.15) is 16.8 Å². The maximum atomic E-state index is 11.8. The van der Waals surface area contributed by atoms with E-state index in [9.17, 15) is 4.79 Å². The summed E-state index contributed by atoms with van der Waals surface area (Å²) in [6, 6.07) is 13.5. The van der Waals surface area contributed by atoms with Crippen molar-refractivity contribution in [3.8, 4) is 0 Å². The van der Waals surface area contributed by atoms with Crippen molar-refractivity contribution in [2.45, 2.75) is 19.7 Å². The second-order valence-electron chi connectivity index (χ2n) is 5.54. The van der Waals surface area contributed by atoms with E-state index >= 15 is 0 Å². The Morgan fingerprint density at radius 1 is 1.08 bits per heavy atom. The van der Waals surface area contributed by atoms with Crippen LogP contribution in [0.4, 0.5) is 0 Å². The highest BCUT2D eigenvalue weighted by atomic mass is 127. The molecule has 0 amide bonds. The third-order valence-electron chi connectivity index (χ3n) is 3.69. The van der Waals surface area contributed by atoms with Gasteiger partial charge in [-0.1, -0.05) is 30.3 Å². The highest BCUT2D eigenvalue weighted by molar-refractivity contribution is 14.1. The zero-order valence-electron chi connectivity index (χ0n) is 13.4. The topological polar surface area (TPSA) is 49.0 Å². The lowest BCUT2D eigenvalue weighted by atomic mass is 10.1. The van der Waals surface area contributed by atoms with Crippen LogP contribution in [0.3, 0.4) is 0 Å². The van der Waals surface area contributed by atoms with Gasteiger partial charge >= 0.3 is 0 Å². The lowest BCUT2D eigenvalue weighted by Crippen LogP contribution is -2.18. The molecule has 0 unspecified atom stereocenters. The van der Waals surface area contributed by atoms with Gasteiger partial charge in [0, 0.05) is 25.6 Å². The highest BCUT2D eigenvalue weighted by Gasteiger charge is 2.06. The molecular weight excluding hydrogens is 417 g/mol. The number of benzene rings is 1. The summed E-state index contributed by atoms with van der Waals surface area (Å²) in [5.41, 5.74) is 3.24. The first kappa shape index (κ1) is 16.9. The van der Waals surface area contributed by atoms with E-state index in [4.69, 9.17) is 4.74 Å². The van der Waals surface area contributed by atoms with Gasteiger partial charge in [0.15, 0.2) is 0 Å². The third kappa shape index (κ3) is 4.12. The molecule has 0 fully saturated rings. The van der Waals surface area contributed by atoms with Crippen molar-refractivity contribution in [2.75, 3.05) is 7.11 Å². The SMILES string of the molecule is COCc1nn(Cc2ccc(Cn3ccccc3=O)cc2)cc1I. The Bertz CT molecular complexity index is 868. The van der Waals surface area contributed by atoms with Gasteiger partial charge in [0.05, 0.1) is 23.3 Å². The van der Waals surface area contributed by atoms with Crippen molar-refractivity contribution < 1.29 is 4.74 Å². The van der Waals surface area contributed by atoms with Crippen LogP contribution >= 0.6 is 22.6 Å². The number of halogens is 1. The normalized spacial score (nSPS) is 10.9. The van der Waals surface area contributed by atoms with Crippen molar-refractivity contribution in [2.24, 2.45) is 0 Å². The number of pyridine rings is 1. The molecule has 24 heavy (non-hydrogen) atoms. The van der Waals surface area contributed by atoms with E-state index in [1.807, 2.05) is 16.9 Å². The van der Waals surface area contributed by atoms with Crippen LogP contribution in [0.25, 0.3) is 0 Å². The Labute approximate surface area is 154 Å². The molecule has 0 saturated heterocycles. The number of hydrogen-bond acceptors (Lipinski definition) is 3. The van der Waals surface area contributed by atoms with Crippen LogP contribution in [0.15, 0.2) is 59.7 Å². The number of rotatable bonds is 6. The summed E-state index contributed by atoms with van der Waals surface area (Å²) < 4.78 is 9.87. The van der Waals surface area contributed by atoms with Crippen LogP contribution in [0.2, 0.25) is 0 Å². The molecule has 0 saturated carbocycles. The predicted molar refractivity (Wildman–Crippen MR) is 101 cm³/mol. The van der Waals surface area contributed by atoms with E-state index in [0.29, 0.717) is 19.7 Å². The molecule has 0 spiro atoms. The Hall–Kier alpha value is -1.93. The maximum absolute atomic E-state index is 11.8. The van der Waals surface area contributed by atoms with Crippen molar-refractivity contribution >= 4 is 22.6 Å². The molecule has 0 radical (unpaired) electrons. The van der Waals surface area contributed by atoms with Gasteiger partial charge in [-0.3, -0.25) is 9.48 Å². The smallest absolute Gasteiger partial charge is 0.250 e. The van der Waals surface area contributed by atoms with E-state index in [1.165, 1.54) is 5.56 Å². The first-order valence-corrected chi connectivity index (χ1v) is 8.67. The average Bonchev–Trinajstić information content (AvgIpc) is 2.91. The molecule has 5 nitrogen and oxygen atoms in total. The minimum atomic E-state index is 0.0124. The zero-order valence-corrected chi connectivity index (χ0v) is 15.5. The first-order chi connectivity index (χ1) is 11.7. The largest absolute Gasteiger partial charge is 0.378 e. The number of aromatic nitrogens is 3. The molecule has 3 rings (SSSR count). The van der Waals surface area contributed by atoms with Gasteiger partial charge in [0.25, 0.3) is 5.56 Å². The summed E-state index contributed by atoms with van der Waals surface area (Å²) in [6.07, 6.45) is 3.83. The average molecular weight is 435 g/mol. The van der Waals surface area contributed by atoms with E-state index in [-0.39, 0.29) is 5.56 Å². The van der Waals surface area contributed by atoms with Crippen LogP contribution < -0.4 is 5.56 Å². The summed E-state index contributed by atoms with van der Waals surface area (Å²) >= 11 is 2.27. The molecule has 0 aliphatic rings. The standard InChI is InChI=1S/C18H18IN3O2/c1-24-13-17-16(19)12-22(20-17)11-15-7-5-14(6-8-15)10-21-9-3-2-4-18(21)23/h2-9,12H,10-11,13H2,1H3. The minimum absolute atomic E-state index is 0.0124. The van der Waals surface area contributed by atoms with Gasteiger partial charge in [-0.05, 0) is 39.8 Å². The molecule has 0 aliphatic heterocycles. The van der Waals surface area contributed by atoms with Gasteiger partial charge in [0.2, 0.25) is 0 Å². The summed E-state index contributed by atoms with van der Waals surface area (Å²) in [4.78, 5) is 11.8. The fourth-order valence-corrected chi connectivity index (χ4v) is 3.06. The molecule has 3 aromatic rings. The maximum Gasteiger partial charge on any atom is 0.250 e. The van der Waals surface area contributed by atoms with Gasteiger partial charge in [-0.15, -0.1) is 0 Å². The van der Waals surface area contributed by atoms with Crippen molar-refractivity contribution in [3.63, 3.8) is 0 Å². The Morgan fingerprint density at radius 3 is 2.46 bits per heavy atom. The minimum Gasteiger partial charge on any atom is -0.378 e. The molecule has 2 heterocycles. The third-order valence-corrected chi connectivity index (χ3v) is 4.59. The van der Waals surface area contributed by atoms with Crippen LogP contribution in [-0.4, -0.2) is 21.5 Å². The molecule has 2 aromatic heterocycles. The fourth-order valence-electron chi connectivity index (χ4n) is 2.48. The Balaban J connectivity index is 1.69. The van der Waals surface area contributed by atoms with Gasteiger partial charge < -0.3 is 9.30 Å². The lowest BCUT2D eigenvalue weighted by molar-refractivity contribution is 0.180. The summed E-state index contributed by atoms with van der Waals surface area (Å²) in [5, 5.41) is 4.54. The molecule has 6 heteroatoms.